The Labute approximate surface area is 201 Å². The average molecular weight is 482 g/mol. The van der Waals surface area contributed by atoms with Gasteiger partial charge in [-0.25, -0.2) is 14.4 Å². The maximum Gasteiger partial charge on any atom is 0.261 e. The van der Waals surface area contributed by atoms with Crippen LogP contribution in [0, 0.1) is 26.6 Å². The Hall–Kier alpha value is -3.10. The number of fused-ring (bicyclic) bond motifs is 1. The van der Waals surface area contributed by atoms with Crippen LogP contribution in [0.4, 0.5) is 4.39 Å². The lowest BCUT2D eigenvalue weighted by molar-refractivity contribution is 0.00418. The van der Waals surface area contributed by atoms with Crippen molar-refractivity contribution in [2.45, 2.75) is 45.6 Å². The number of rotatable bonds is 3. The second-order valence-corrected chi connectivity index (χ2v) is 9.29. The molecular weight excluding hydrogens is 457 g/mol. The van der Waals surface area contributed by atoms with Gasteiger partial charge in [-0.2, -0.15) is 5.10 Å². The van der Waals surface area contributed by atoms with Crippen LogP contribution in [0.2, 0.25) is 5.02 Å². The molecule has 0 spiro atoms. The van der Waals surface area contributed by atoms with Crippen LogP contribution in [0.3, 0.4) is 0 Å². The van der Waals surface area contributed by atoms with E-state index in [2.05, 4.69) is 10.1 Å². The SMILES string of the molecule is Cc1nc2c(-c3ccc(Cl)cc3F)nc([C@H]3CCO[C@@H](c4cnn(C)c4C)C3)cn2c(=O)c1C. The minimum Gasteiger partial charge on any atom is -0.373 e. The van der Waals surface area contributed by atoms with Crippen molar-refractivity contribution in [3.8, 4) is 11.3 Å². The maximum atomic E-state index is 15.0. The van der Waals surface area contributed by atoms with Gasteiger partial charge in [-0.05, 0) is 51.8 Å². The Morgan fingerprint density at radius 3 is 2.71 bits per heavy atom. The molecule has 7 nitrogen and oxygen atoms in total. The first-order valence-electron chi connectivity index (χ1n) is 11.2. The summed E-state index contributed by atoms with van der Waals surface area (Å²) in [7, 11) is 1.90. The van der Waals surface area contributed by atoms with Crippen LogP contribution >= 0.6 is 11.6 Å². The number of aromatic nitrogens is 5. The fourth-order valence-electron chi connectivity index (χ4n) is 4.53. The number of hydrogen-bond acceptors (Lipinski definition) is 5. The second-order valence-electron chi connectivity index (χ2n) is 8.85. The lowest BCUT2D eigenvalue weighted by atomic mass is 9.89. The standard InChI is InChI=1S/C25H25ClFN5O2/c1-13-14(2)29-24-23(18-6-5-17(26)10-20(18)27)30-21(12-32(24)25(13)33)16-7-8-34-22(9-16)19-11-28-31(4)15(19)3/h5-6,10-12,16,22H,7-9H2,1-4H3/t16-,22+/m0/s1. The van der Waals surface area contributed by atoms with Crippen molar-refractivity contribution in [2.75, 3.05) is 6.61 Å². The van der Waals surface area contributed by atoms with Crippen molar-refractivity contribution >= 4 is 17.2 Å². The quantitative estimate of drug-likeness (QED) is 0.418. The van der Waals surface area contributed by atoms with Crippen LogP contribution in [0.1, 0.15) is 53.1 Å². The molecule has 0 radical (unpaired) electrons. The minimum atomic E-state index is -0.512. The Morgan fingerprint density at radius 1 is 1.21 bits per heavy atom. The Kier molecular flexibility index (Phi) is 5.73. The molecule has 0 amide bonds. The molecule has 0 N–H and O–H groups in total. The van der Waals surface area contributed by atoms with Gasteiger partial charge in [0.1, 0.15) is 11.5 Å². The van der Waals surface area contributed by atoms with Crippen molar-refractivity contribution in [2.24, 2.45) is 7.05 Å². The highest BCUT2D eigenvalue weighted by atomic mass is 35.5. The molecule has 1 fully saturated rings. The molecule has 1 aliphatic heterocycles. The van der Waals surface area contributed by atoms with Gasteiger partial charge in [-0.15, -0.1) is 0 Å². The number of benzene rings is 1. The van der Waals surface area contributed by atoms with E-state index in [0.29, 0.717) is 41.3 Å². The van der Waals surface area contributed by atoms with Gasteiger partial charge in [0.25, 0.3) is 5.56 Å². The fourth-order valence-corrected chi connectivity index (χ4v) is 4.69. The van der Waals surface area contributed by atoms with E-state index in [-0.39, 0.29) is 28.2 Å². The third kappa shape index (κ3) is 3.80. The van der Waals surface area contributed by atoms with Gasteiger partial charge in [0.05, 0.1) is 18.0 Å². The van der Waals surface area contributed by atoms with Crippen molar-refractivity contribution in [1.29, 1.82) is 0 Å². The molecule has 9 heteroatoms. The van der Waals surface area contributed by atoms with Crippen molar-refractivity contribution in [1.82, 2.24) is 24.1 Å². The topological polar surface area (TPSA) is 74.3 Å². The molecule has 34 heavy (non-hydrogen) atoms. The summed E-state index contributed by atoms with van der Waals surface area (Å²) in [6.07, 6.45) is 4.88. The molecule has 5 rings (SSSR count). The van der Waals surface area contributed by atoms with Crippen LogP contribution < -0.4 is 5.56 Å². The van der Waals surface area contributed by atoms with E-state index in [1.165, 1.54) is 10.5 Å². The molecule has 1 aliphatic rings. The molecule has 4 aromatic rings. The van der Waals surface area contributed by atoms with E-state index in [1.807, 2.05) is 24.9 Å². The van der Waals surface area contributed by atoms with E-state index >= 15 is 0 Å². The zero-order chi connectivity index (χ0) is 24.1. The lowest BCUT2D eigenvalue weighted by Crippen LogP contribution is -2.24. The molecule has 1 saturated heterocycles. The van der Waals surface area contributed by atoms with E-state index in [9.17, 15) is 9.18 Å². The number of aryl methyl sites for hydroxylation is 2. The summed E-state index contributed by atoms with van der Waals surface area (Å²) in [6.45, 7) is 6.08. The first kappa shape index (κ1) is 22.7. The summed E-state index contributed by atoms with van der Waals surface area (Å²) >= 11 is 5.98. The van der Waals surface area contributed by atoms with Gasteiger partial charge in [0, 0.05) is 58.9 Å². The molecule has 176 valence electrons. The highest BCUT2D eigenvalue weighted by molar-refractivity contribution is 6.30. The summed E-state index contributed by atoms with van der Waals surface area (Å²) in [5.41, 5.74) is 4.66. The monoisotopic (exact) mass is 481 g/mol. The largest absolute Gasteiger partial charge is 0.373 e. The predicted molar refractivity (Wildman–Crippen MR) is 128 cm³/mol. The first-order chi connectivity index (χ1) is 16.2. The number of ether oxygens (including phenoxy) is 1. The maximum absolute atomic E-state index is 15.0. The normalized spacial score (nSPS) is 18.5. The van der Waals surface area contributed by atoms with E-state index in [4.69, 9.17) is 21.3 Å². The summed E-state index contributed by atoms with van der Waals surface area (Å²) in [5, 5.41) is 4.63. The van der Waals surface area contributed by atoms with Gasteiger partial charge >= 0.3 is 0 Å². The summed E-state index contributed by atoms with van der Waals surface area (Å²) in [4.78, 5) is 22.7. The predicted octanol–water partition coefficient (Wildman–Crippen LogP) is 4.84. The third-order valence-corrected chi connectivity index (χ3v) is 7.04. The van der Waals surface area contributed by atoms with Gasteiger partial charge in [-0.3, -0.25) is 13.9 Å². The molecule has 0 aliphatic carbocycles. The van der Waals surface area contributed by atoms with E-state index in [0.717, 1.165) is 17.7 Å². The van der Waals surface area contributed by atoms with E-state index in [1.54, 1.807) is 32.2 Å². The van der Waals surface area contributed by atoms with Crippen LogP contribution in [0.25, 0.3) is 16.9 Å². The van der Waals surface area contributed by atoms with Crippen LogP contribution in [0.5, 0.6) is 0 Å². The molecular formula is C25H25ClFN5O2. The molecule has 2 atom stereocenters. The van der Waals surface area contributed by atoms with Gasteiger partial charge in [0.15, 0.2) is 5.65 Å². The van der Waals surface area contributed by atoms with Crippen molar-refractivity contribution in [3.63, 3.8) is 0 Å². The second kappa shape index (κ2) is 8.60. The number of hydrogen-bond donors (Lipinski definition) is 0. The van der Waals surface area contributed by atoms with E-state index < -0.39 is 5.82 Å². The molecule has 0 unspecified atom stereocenters. The van der Waals surface area contributed by atoms with Gasteiger partial charge in [0.2, 0.25) is 0 Å². The Morgan fingerprint density at radius 2 is 2.00 bits per heavy atom. The molecule has 1 aromatic carbocycles. The minimum absolute atomic E-state index is 0.0189. The van der Waals surface area contributed by atoms with Gasteiger partial charge in [-0.1, -0.05) is 11.6 Å². The van der Waals surface area contributed by atoms with Crippen molar-refractivity contribution in [3.05, 3.63) is 80.0 Å². The first-order valence-corrected chi connectivity index (χ1v) is 11.6. The Balaban J connectivity index is 1.67. The fraction of sp³-hybridized carbons (Fsp3) is 0.360. The van der Waals surface area contributed by atoms with Crippen LogP contribution in [-0.4, -0.2) is 30.8 Å². The lowest BCUT2D eigenvalue weighted by Gasteiger charge is -2.29. The summed E-state index contributed by atoms with van der Waals surface area (Å²) in [6, 6.07) is 4.44. The molecule has 3 aromatic heterocycles. The van der Waals surface area contributed by atoms with Crippen LogP contribution in [0.15, 0.2) is 35.4 Å². The zero-order valence-electron chi connectivity index (χ0n) is 19.5. The van der Waals surface area contributed by atoms with Crippen LogP contribution in [-0.2, 0) is 11.8 Å². The Bertz CT molecular complexity index is 1480. The number of halogens is 2. The molecule has 0 bridgehead atoms. The molecule has 4 heterocycles. The van der Waals surface area contributed by atoms with Crippen molar-refractivity contribution < 1.29 is 9.13 Å². The van der Waals surface area contributed by atoms with Gasteiger partial charge < -0.3 is 4.74 Å². The highest BCUT2D eigenvalue weighted by Gasteiger charge is 2.29. The number of nitrogens with zero attached hydrogens (tertiary/aromatic N) is 5. The summed E-state index contributed by atoms with van der Waals surface area (Å²) < 4.78 is 24.4. The third-order valence-electron chi connectivity index (χ3n) is 6.81. The zero-order valence-corrected chi connectivity index (χ0v) is 20.2. The average Bonchev–Trinajstić information content (AvgIpc) is 3.15. The molecule has 0 saturated carbocycles. The smallest absolute Gasteiger partial charge is 0.261 e. The summed E-state index contributed by atoms with van der Waals surface area (Å²) in [5.74, 6) is -0.493. The highest BCUT2D eigenvalue weighted by Crippen LogP contribution is 2.39.